The van der Waals surface area contributed by atoms with E-state index in [0.29, 0.717) is 30.3 Å². The first-order chi connectivity index (χ1) is 12.2. The summed E-state index contributed by atoms with van der Waals surface area (Å²) in [6.45, 7) is 0.766. The Balaban J connectivity index is 1.60. The molecule has 0 fully saturated rings. The highest BCUT2D eigenvalue weighted by Gasteiger charge is 2.31. The Kier molecular flexibility index (Phi) is 3.81. The minimum Gasteiger partial charge on any atom is -0.490 e. The first-order valence-corrected chi connectivity index (χ1v) is 7.97. The number of carbonyl (C=O) groups is 2. The average molecular weight is 336 g/mol. The molecule has 25 heavy (non-hydrogen) atoms. The molecule has 0 unspecified atom stereocenters. The molecule has 4 rings (SSSR count). The molecule has 126 valence electrons. The monoisotopic (exact) mass is 336 g/mol. The SMILES string of the molecule is O=C(C1=NCC(=O)N(c2ccccc2)N1)N1CCOc2ccccc21. The third kappa shape index (κ3) is 2.80. The van der Waals surface area contributed by atoms with Crippen LogP contribution in [0.25, 0.3) is 0 Å². The first-order valence-electron chi connectivity index (χ1n) is 7.97. The van der Waals surface area contributed by atoms with E-state index < -0.39 is 0 Å². The maximum absolute atomic E-state index is 12.9. The molecule has 2 amide bonds. The first kappa shape index (κ1) is 15.2. The molecule has 7 nitrogen and oxygen atoms in total. The van der Waals surface area contributed by atoms with Crippen molar-refractivity contribution >= 4 is 29.0 Å². The Morgan fingerprint density at radius 1 is 1.08 bits per heavy atom. The highest BCUT2D eigenvalue weighted by molar-refractivity contribution is 6.44. The predicted molar refractivity (Wildman–Crippen MR) is 93.7 cm³/mol. The lowest BCUT2D eigenvalue weighted by Crippen LogP contribution is -2.57. The van der Waals surface area contributed by atoms with E-state index in [-0.39, 0.29) is 24.2 Å². The Morgan fingerprint density at radius 3 is 2.68 bits per heavy atom. The van der Waals surface area contributed by atoms with Gasteiger partial charge in [0, 0.05) is 0 Å². The molecule has 2 aliphatic rings. The Morgan fingerprint density at radius 2 is 1.84 bits per heavy atom. The van der Waals surface area contributed by atoms with E-state index in [9.17, 15) is 9.59 Å². The Hall–Kier alpha value is -3.35. The number of hydrogen-bond donors (Lipinski definition) is 1. The van der Waals surface area contributed by atoms with Crippen LogP contribution in [0.1, 0.15) is 0 Å². The molecule has 0 atom stereocenters. The molecule has 0 radical (unpaired) electrons. The molecule has 0 aromatic heterocycles. The molecule has 0 spiro atoms. The fraction of sp³-hybridized carbons (Fsp3) is 0.167. The number of anilines is 2. The molecule has 1 N–H and O–H groups in total. The fourth-order valence-electron chi connectivity index (χ4n) is 2.83. The molecular weight excluding hydrogens is 320 g/mol. The van der Waals surface area contributed by atoms with Crippen LogP contribution < -0.4 is 20.1 Å². The van der Waals surface area contributed by atoms with Crippen LogP contribution in [0.4, 0.5) is 11.4 Å². The van der Waals surface area contributed by atoms with Crippen molar-refractivity contribution in [1.82, 2.24) is 5.43 Å². The minimum absolute atomic E-state index is 0.0744. The summed E-state index contributed by atoms with van der Waals surface area (Å²) in [5, 5.41) is 1.35. The summed E-state index contributed by atoms with van der Waals surface area (Å²) < 4.78 is 5.58. The lowest BCUT2D eigenvalue weighted by Gasteiger charge is -2.33. The minimum atomic E-state index is -0.288. The summed E-state index contributed by atoms with van der Waals surface area (Å²) >= 11 is 0. The van der Waals surface area contributed by atoms with Crippen LogP contribution >= 0.6 is 0 Å². The standard InChI is InChI=1S/C18H16N4O3/c23-16-12-19-17(20-22(16)13-6-2-1-3-7-13)18(24)21-10-11-25-15-9-5-4-8-14(15)21/h1-9H,10-12H2,(H,19,20). The van der Waals surface area contributed by atoms with E-state index >= 15 is 0 Å². The highest BCUT2D eigenvalue weighted by Crippen LogP contribution is 2.31. The number of ether oxygens (including phenoxy) is 1. The smallest absolute Gasteiger partial charge is 0.295 e. The van der Waals surface area contributed by atoms with Crippen LogP contribution in [0.5, 0.6) is 5.75 Å². The van der Waals surface area contributed by atoms with Gasteiger partial charge in [-0.05, 0) is 24.3 Å². The van der Waals surface area contributed by atoms with Gasteiger partial charge in [-0.3, -0.25) is 24.9 Å². The van der Waals surface area contributed by atoms with Crippen LogP contribution in [-0.2, 0) is 9.59 Å². The molecule has 7 heteroatoms. The van der Waals surface area contributed by atoms with Gasteiger partial charge in [-0.2, -0.15) is 0 Å². The number of hydrogen-bond acceptors (Lipinski definition) is 5. The molecule has 2 aromatic carbocycles. The van der Waals surface area contributed by atoms with E-state index in [1.165, 1.54) is 5.01 Å². The van der Waals surface area contributed by atoms with Gasteiger partial charge in [-0.1, -0.05) is 30.3 Å². The number of amides is 2. The summed E-state index contributed by atoms with van der Waals surface area (Å²) in [7, 11) is 0. The van der Waals surface area contributed by atoms with Gasteiger partial charge >= 0.3 is 0 Å². The van der Waals surface area contributed by atoms with Crippen molar-refractivity contribution in [2.45, 2.75) is 0 Å². The molecule has 0 saturated carbocycles. The van der Waals surface area contributed by atoms with Gasteiger partial charge in [-0.15, -0.1) is 0 Å². The van der Waals surface area contributed by atoms with Gasteiger partial charge in [-0.25, -0.2) is 5.01 Å². The van der Waals surface area contributed by atoms with Gasteiger partial charge in [0.15, 0.2) is 0 Å². The largest absolute Gasteiger partial charge is 0.490 e. The number of para-hydroxylation sites is 3. The average Bonchev–Trinajstić information content (AvgIpc) is 2.68. The van der Waals surface area contributed by atoms with E-state index in [2.05, 4.69) is 10.4 Å². The van der Waals surface area contributed by atoms with Crippen molar-refractivity contribution in [1.29, 1.82) is 0 Å². The summed E-state index contributed by atoms with van der Waals surface area (Å²) in [4.78, 5) is 30.8. The summed E-state index contributed by atoms with van der Waals surface area (Å²) in [5.74, 6) is 0.295. The number of rotatable bonds is 2. The topological polar surface area (TPSA) is 74.2 Å². The van der Waals surface area contributed by atoms with Crippen LogP contribution in [-0.4, -0.2) is 37.3 Å². The van der Waals surface area contributed by atoms with Crippen LogP contribution in [0, 0.1) is 0 Å². The number of carbonyl (C=O) groups excluding carboxylic acids is 2. The van der Waals surface area contributed by atoms with Gasteiger partial charge in [0.05, 0.1) is 17.9 Å². The summed E-state index contributed by atoms with van der Waals surface area (Å²) in [6, 6.07) is 16.5. The van der Waals surface area contributed by atoms with E-state index in [4.69, 9.17) is 4.74 Å². The Labute approximate surface area is 144 Å². The zero-order valence-corrected chi connectivity index (χ0v) is 13.4. The normalized spacial score (nSPS) is 16.5. The van der Waals surface area contributed by atoms with Crippen molar-refractivity contribution < 1.29 is 14.3 Å². The van der Waals surface area contributed by atoms with Gasteiger partial charge in [0.25, 0.3) is 11.8 Å². The van der Waals surface area contributed by atoms with Crippen molar-refractivity contribution in [3.05, 3.63) is 54.6 Å². The lowest BCUT2D eigenvalue weighted by molar-refractivity contribution is -0.118. The lowest BCUT2D eigenvalue weighted by atomic mass is 10.2. The van der Waals surface area contributed by atoms with Crippen LogP contribution in [0.2, 0.25) is 0 Å². The fourth-order valence-corrected chi connectivity index (χ4v) is 2.83. The second kappa shape index (κ2) is 6.27. The number of nitrogens with one attached hydrogen (secondary N) is 1. The maximum atomic E-state index is 12.9. The molecule has 2 aromatic rings. The molecule has 2 aliphatic heterocycles. The zero-order chi connectivity index (χ0) is 17.2. The van der Waals surface area contributed by atoms with Crippen molar-refractivity contribution in [3.63, 3.8) is 0 Å². The van der Waals surface area contributed by atoms with Crippen LogP contribution in [0.15, 0.2) is 59.6 Å². The number of fused-ring (bicyclic) bond motifs is 1. The molecular formula is C18H16N4O3. The molecule has 2 heterocycles. The van der Waals surface area contributed by atoms with Gasteiger partial charge in [0.2, 0.25) is 5.84 Å². The second-order valence-electron chi connectivity index (χ2n) is 5.61. The van der Waals surface area contributed by atoms with Crippen molar-refractivity contribution in [3.8, 4) is 5.75 Å². The maximum Gasteiger partial charge on any atom is 0.295 e. The van der Waals surface area contributed by atoms with Crippen LogP contribution in [0.3, 0.4) is 0 Å². The summed E-state index contributed by atoms with van der Waals surface area (Å²) in [6.07, 6.45) is 0. The Bertz CT molecular complexity index is 850. The summed E-state index contributed by atoms with van der Waals surface area (Å²) in [5.41, 5.74) is 4.21. The molecule has 0 bridgehead atoms. The van der Waals surface area contributed by atoms with E-state index in [1.807, 2.05) is 42.5 Å². The number of amidine groups is 1. The number of hydrazine groups is 1. The third-order valence-electron chi connectivity index (χ3n) is 4.03. The predicted octanol–water partition coefficient (Wildman–Crippen LogP) is 1.36. The number of nitrogens with zero attached hydrogens (tertiary/aromatic N) is 3. The van der Waals surface area contributed by atoms with E-state index in [1.54, 1.807) is 17.0 Å². The number of aliphatic imine (C=N–C) groups is 1. The quantitative estimate of drug-likeness (QED) is 0.899. The molecule has 0 saturated heterocycles. The second-order valence-corrected chi connectivity index (χ2v) is 5.61. The molecule has 0 aliphatic carbocycles. The zero-order valence-electron chi connectivity index (χ0n) is 13.4. The van der Waals surface area contributed by atoms with Gasteiger partial charge < -0.3 is 4.74 Å². The van der Waals surface area contributed by atoms with Crippen molar-refractivity contribution in [2.24, 2.45) is 4.99 Å². The van der Waals surface area contributed by atoms with Crippen molar-refractivity contribution in [2.75, 3.05) is 29.6 Å². The van der Waals surface area contributed by atoms with Gasteiger partial charge in [0.1, 0.15) is 18.9 Å². The number of benzene rings is 2. The third-order valence-corrected chi connectivity index (χ3v) is 4.03. The highest BCUT2D eigenvalue weighted by atomic mass is 16.5. The van der Waals surface area contributed by atoms with E-state index in [0.717, 1.165) is 0 Å².